The van der Waals surface area contributed by atoms with E-state index in [9.17, 15) is 0 Å². The van der Waals surface area contributed by atoms with Gasteiger partial charge in [-0.25, -0.2) is 0 Å². The van der Waals surface area contributed by atoms with Crippen molar-refractivity contribution < 1.29 is 0 Å². The number of nitrogens with zero attached hydrogens (tertiary/aromatic N) is 3. The van der Waals surface area contributed by atoms with Crippen LogP contribution in [0.4, 0.5) is 0 Å². The molecule has 0 N–H and O–H groups in total. The van der Waals surface area contributed by atoms with Gasteiger partial charge in [0, 0.05) is 0 Å². The fourth-order valence-electron chi connectivity index (χ4n) is 1.07. The maximum absolute atomic E-state index is 3.81. The molecule has 0 spiro atoms. The van der Waals surface area contributed by atoms with E-state index >= 15 is 0 Å². The van der Waals surface area contributed by atoms with E-state index in [4.69, 9.17) is 0 Å². The van der Waals surface area contributed by atoms with Gasteiger partial charge in [0.15, 0.2) is 0 Å². The Morgan fingerprint density at radius 1 is 0.667 bits per heavy atom. The monoisotopic (exact) mass is 321 g/mol. The molecular weight excluding hydrogens is 305 g/mol. The number of rotatable bonds is 3. The SMILES string of the molecule is CN(C)P(Br)(Br)(N(C)C)N(C)C. The Morgan fingerprint density at radius 3 is 0.833 bits per heavy atom. The van der Waals surface area contributed by atoms with Crippen molar-refractivity contribution in [3.8, 4) is 0 Å². The van der Waals surface area contributed by atoms with Crippen LogP contribution in [0.25, 0.3) is 0 Å². The van der Waals surface area contributed by atoms with Gasteiger partial charge in [0.1, 0.15) is 0 Å². The fraction of sp³-hybridized carbons (Fsp3) is 1.00. The molecule has 0 aliphatic carbocycles. The van der Waals surface area contributed by atoms with Crippen molar-refractivity contribution in [3.63, 3.8) is 0 Å². The molecular formula is C6H18Br2N3P. The molecule has 0 atom stereocenters. The summed E-state index contributed by atoms with van der Waals surface area (Å²) < 4.78 is 4.19. The molecule has 0 aromatic heterocycles. The van der Waals surface area contributed by atoms with E-state index in [1.807, 2.05) is 0 Å². The first-order chi connectivity index (χ1) is 5.13. The van der Waals surface area contributed by atoms with Gasteiger partial charge in [-0.15, -0.1) is 0 Å². The normalized spacial score (nSPS) is 17.1. The predicted molar refractivity (Wildman–Crippen MR) is 65.8 cm³/mol. The molecule has 0 aromatic carbocycles. The Hall–Kier alpha value is 1.27. The molecule has 0 saturated heterocycles. The molecule has 0 aliphatic heterocycles. The van der Waals surface area contributed by atoms with Gasteiger partial charge in [-0.1, -0.05) is 0 Å². The molecule has 0 radical (unpaired) electrons. The number of hydrogen-bond acceptors (Lipinski definition) is 3. The van der Waals surface area contributed by atoms with E-state index in [1.165, 1.54) is 0 Å². The Morgan fingerprint density at radius 2 is 0.833 bits per heavy atom. The van der Waals surface area contributed by atoms with Gasteiger partial charge in [-0.2, -0.15) is 0 Å². The van der Waals surface area contributed by atoms with Crippen LogP contribution < -0.4 is 0 Å². The quantitative estimate of drug-likeness (QED) is 0.739. The zero-order valence-electron chi connectivity index (χ0n) is 8.54. The van der Waals surface area contributed by atoms with Gasteiger partial charge >= 0.3 is 91.7 Å². The molecule has 0 rings (SSSR count). The summed E-state index contributed by atoms with van der Waals surface area (Å²) in [7, 11) is 12.3. The van der Waals surface area contributed by atoms with Crippen molar-refractivity contribution in [2.24, 2.45) is 0 Å². The van der Waals surface area contributed by atoms with Crippen LogP contribution in [0.2, 0.25) is 0 Å². The topological polar surface area (TPSA) is 9.72 Å². The van der Waals surface area contributed by atoms with Crippen molar-refractivity contribution in [2.75, 3.05) is 42.3 Å². The van der Waals surface area contributed by atoms with Crippen LogP contribution in [0, 0.1) is 0 Å². The molecule has 0 fully saturated rings. The molecule has 3 nitrogen and oxygen atoms in total. The first-order valence-electron chi connectivity index (χ1n) is 3.62. The van der Waals surface area contributed by atoms with Crippen molar-refractivity contribution in [1.82, 2.24) is 14.0 Å². The third-order valence-corrected chi connectivity index (χ3v) is 17.4. The van der Waals surface area contributed by atoms with E-state index in [2.05, 4.69) is 87.3 Å². The van der Waals surface area contributed by atoms with Crippen LogP contribution in [0.1, 0.15) is 0 Å². The second kappa shape index (κ2) is 3.79. The van der Waals surface area contributed by atoms with E-state index < -0.39 is 4.46 Å². The minimum atomic E-state index is -2.33. The van der Waals surface area contributed by atoms with Crippen molar-refractivity contribution in [2.45, 2.75) is 0 Å². The Kier molecular flexibility index (Phi) is 4.19. The average Bonchev–Trinajstić information content (AvgIpc) is 1.86. The molecule has 0 saturated carbocycles. The van der Waals surface area contributed by atoms with Gasteiger partial charge in [0.2, 0.25) is 0 Å². The average molecular weight is 323 g/mol. The fourth-order valence-corrected chi connectivity index (χ4v) is 3.22. The number of hydrogen-bond donors (Lipinski definition) is 0. The molecule has 6 heteroatoms. The Bertz CT molecular complexity index is 142. The zero-order valence-corrected chi connectivity index (χ0v) is 12.6. The number of halogens is 2. The summed E-state index contributed by atoms with van der Waals surface area (Å²) in [5.74, 6) is 0. The summed E-state index contributed by atoms with van der Waals surface area (Å²) in [4.78, 5) is 0. The zero-order chi connectivity index (χ0) is 10.2. The molecule has 0 bridgehead atoms. The maximum atomic E-state index is 3.81. The molecule has 0 heterocycles. The summed E-state index contributed by atoms with van der Waals surface area (Å²) in [6, 6.07) is 0. The van der Waals surface area contributed by atoms with Gasteiger partial charge in [-0.3, -0.25) is 0 Å². The van der Waals surface area contributed by atoms with Crippen LogP contribution in [-0.4, -0.2) is 56.3 Å². The molecule has 0 amide bonds. The minimum absolute atomic E-state index is 2.06. The summed E-state index contributed by atoms with van der Waals surface area (Å²) in [5, 5.41) is 0. The second-order valence-corrected chi connectivity index (χ2v) is 18.0. The molecule has 0 aliphatic rings. The van der Waals surface area contributed by atoms with Crippen molar-refractivity contribution in [1.29, 1.82) is 0 Å². The summed E-state index contributed by atoms with van der Waals surface area (Å²) in [6.07, 6.45) is 0. The summed E-state index contributed by atoms with van der Waals surface area (Å²) in [6.45, 7) is 0. The van der Waals surface area contributed by atoms with Gasteiger partial charge < -0.3 is 0 Å². The molecule has 12 heavy (non-hydrogen) atoms. The third-order valence-electron chi connectivity index (χ3n) is 1.98. The van der Waals surface area contributed by atoms with Gasteiger partial charge in [-0.05, 0) is 0 Å². The Balaban J connectivity index is 5.09. The summed E-state index contributed by atoms with van der Waals surface area (Å²) in [5.41, 5.74) is 0. The standard InChI is InChI=1S/C6H18Br2N3P/c1-9(2)12(7,8,10(3)4)11(5)6/h1-6H3. The Labute approximate surface area is 91.6 Å². The molecule has 76 valence electrons. The molecule has 0 aromatic rings. The molecule has 0 unspecified atom stereocenters. The van der Waals surface area contributed by atoms with Crippen LogP contribution in [0.5, 0.6) is 0 Å². The first kappa shape index (κ1) is 13.3. The third kappa shape index (κ3) is 1.86. The van der Waals surface area contributed by atoms with Crippen molar-refractivity contribution in [3.05, 3.63) is 0 Å². The van der Waals surface area contributed by atoms with Crippen LogP contribution in [0.3, 0.4) is 0 Å². The van der Waals surface area contributed by atoms with E-state index in [-0.39, 0.29) is 0 Å². The predicted octanol–water partition coefficient (Wildman–Crippen LogP) is 2.59. The van der Waals surface area contributed by atoms with Crippen molar-refractivity contribution >= 4 is 35.4 Å². The van der Waals surface area contributed by atoms with E-state index in [1.54, 1.807) is 0 Å². The first-order valence-corrected chi connectivity index (χ1v) is 9.75. The van der Waals surface area contributed by atoms with Crippen LogP contribution in [0.15, 0.2) is 0 Å². The van der Waals surface area contributed by atoms with Gasteiger partial charge in [0.25, 0.3) is 0 Å². The van der Waals surface area contributed by atoms with E-state index in [0.29, 0.717) is 0 Å². The second-order valence-electron chi connectivity index (χ2n) is 3.33. The van der Waals surface area contributed by atoms with Crippen LogP contribution >= 0.6 is 35.4 Å². The summed E-state index contributed by atoms with van der Waals surface area (Å²) >= 11 is 7.62. The van der Waals surface area contributed by atoms with Gasteiger partial charge in [0.05, 0.1) is 0 Å². The van der Waals surface area contributed by atoms with Crippen LogP contribution in [-0.2, 0) is 0 Å². The van der Waals surface area contributed by atoms with E-state index in [0.717, 1.165) is 0 Å².